The van der Waals surface area contributed by atoms with Crippen LogP contribution in [0.5, 0.6) is 0 Å². The van der Waals surface area contributed by atoms with Crippen LogP contribution in [0.3, 0.4) is 0 Å². The second-order valence-corrected chi connectivity index (χ2v) is 5.39. The highest BCUT2D eigenvalue weighted by Crippen LogP contribution is 2.23. The van der Waals surface area contributed by atoms with Gasteiger partial charge in [0.1, 0.15) is 5.69 Å². The maximum absolute atomic E-state index is 5.59. The Morgan fingerprint density at radius 2 is 2.30 bits per heavy atom. The van der Waals surface area contributed by atoms with E-state index in [9.17, 15) is 0 Å². The van der Waals surface area contributed by atoms with Crippen molar-refractivity contribution >= 4 is 17.0 Å². The van der Waals surface area contributed by atoms with E-state index >= 15 is 0 Å². The van der Waals surface area contributed by atoms with Gasteiger partial charge in [0.2, 0.25) is 0 Å². The lowest BCUT2D eigenvalue weighted by Crippen LogP contribution is -1.94. The molecule has 0 aromatic carbocycles. The number of hydrogen-bond donors (Lipinski definition) is 1. The SMILES string of the molecule is C=C(/C=C\C(=C/N)CCC)n1ccc(-c2cccs2)n1. The average Bonchev–Trinajstić information content (AvgIpc) is 3.12. The fourth-order valence-electron chi connectivity index (χ4n) is 1.83. The standard InChI is InChI=1S/C16H19N3S/c1-3-5-14(12-17)8-7-13(2)19-10-9-15(18-19)16-6-4-11-20-16/h4,6-12H,2-3,5,17H2,1H3/b8-7-,14-12-. The fourth-order valence-corrected chi connectivity index (χ4v) is 2.52. The zero-order valence-corrected chi connectivity index (χ0v) is 12.4. The van der Waals surface area contributed by atoms with Crippen LogP contribution in [0.1, 0.15) is 19.8 Å². The van der Waals surface area contributed by atoms with Crippen LogP contribution < -0.4 is 5.73 Å². The van der Waals surface area contributed by atoms with Gasteiger partial charge in [0.25, 0.3) is 0 Å². The lowest BCUT2D eigenvalue weighted by molar-refractivity contribution is 0.911. The topological polar surface area (TPSA) is 43.8 Å². The lowest BCUT2D eigenvalue weighted by atomic mass is 10.1. The minimum atomic E-state index is 0.822. The number of hydrogen-bond acceptors (Lipinski definition) is 3. The molecule has 0 unspecified atom stereocenters. The molecule has 4 heteroatoms. The molecular weight excluding hydrogens is 266 g/mol. The van der Waals surface area contributed by atoms with Crippen LogP contribution in [-0.2, 0) is 0 Å². The van der Waals surface area contributed by atoms with Crippen molar-refractivity contribution in [1.29, 1.82) is 0 Å². The van der Waals surface area contributed by atoms with E-state index in [4.69, 9.17) is 5.73 Å². The number of aromatic nitrogens is 2. The van der Waals surface area contributed by atoms with Crippen LogP contribution in [0.4, 0.5) is 0 Å². The molecule has 0 saturated heterocycles. The van der Waals surface area contributed by atoms with E-state index in [1.807, 2.05) is 35.9 Å². The van der Waals surface area contributed by atoms with Crippen molar-refractivity contribution < 1.29 is 0 Å². The minimum absolute atomic E-state index is 0.822. The van der Waals surface area contributed by atoms with E-state index in [0.717, 1.165) is 34.7 Å². The second kappa shape index (κ2) is 6.91. The molecule has 0 aliphatic carbocycles. The first-order valence-corrected chi connectivity index (χ1v) is 7.50. The Balaban J connectivity index is 2.09. The third kappa shape index (κ3) is 3.48. The molecule has 0 radical (unpaired) electrons. The van der Waals surface area contributed by atoms with Gasteiger partial charge in [-0.1, -0.05) is 32.1 Å². The molecule has 2 aromatic rings. The van der Waals surface area contributed by atoms with Gasteiger partial charge in [-0.2, -0.15) is 5.10 Å². The molecule has 0 aliphatic rings. The van der Waals surface area contributed by atoms with Gasteiger partial charge in [0.15, 0.2) is 0 Å². The van der Waals surface area contributed by atoms with Gasteiger partial charge in [-0.3, -0.25) is 0 Å². The molecule has 0 bridgehead atoms. The van der Waals surface area contributed by atoms with E-state index in [1.165, 1.54) is 0 Å². The fraction of sp³-hybridized carbons (Fsp3) is 0.188. The summed E-state index contributed by atoms with van der Waals surface area (Å²) >= 11 is 1.68. The summed E-state index contributed by atoms with van der Waals surface area (Å²) in [7, 11) is 0. The largest absolute Gasteiger partial charge is 0.404 e. The van der Waals surface area contributed by atoms with E-state index in [1.54, 1.807) is 22.2 Å². The molecular formula is C16H19N3S. The molecule has 2 N–H and O–H groups in total. The number of nitrogens with two attached hydrogens (primary N) is 1. The maximum atomic E-state index is 5.59. The van der Waals surface area contributed by atoms with Crippen LogP contribution in [0, 0.1) is 0 Å². The van der Waals surface area contributed by atoms with Gasteiger partial charge in [0, 0.05) is 6.20 Å². The van der Waals surface area contributed by atoms with E-state index in [0.29, 0.717) is 0 Å². The zero-order valence-electron chi connectivity index (χ0n) is 11.6. The molecule has 0 amide bonds. The van der Waals surface area contributed by atoms with Crippen molar-refractivity contribution in [2.75, 3.05) is 0 Å². The Kier molecular flexibility index (Phi) is 4.96. The number of rotatable bonds is 6. The molecule has 2 rings (SSSR count). The van der Waals surface area contributed by atoms with Crippen molar-refractivity contribution in [3.05, 3.63) is 60.3 Å². The van der Waals surface area contributed by atoms with Crippen LogP contribution in [0.25, 0.3) is 16.3 Å². The Labute approximate surface area is 123 Å². The molecule has 104 valence electrons. The predicted molar refractivity (Wildman–Crippen MR) is 87.2 cm³/mol. The van der Waals surface area contributed by atoms with Crippen molar-refractivity contribution in [3.8, 4) is 10.6 Å². The van der Waals surface area contributed by atoms with Crippen molar-refractivity contribution in [1.82, 2.24) is 9.78 Å². The summed E-state index contributed by atoms with van der Waals surface area (Å²) in [6.07, 6.45) is 9.56. The molecule has 0 fully saturated rings. The first-order chi connectivity index (χ1) is 9.74. The van der Waals surface area contributed by atoms with E-state index < -0.39 is 0 Å². The van der Waals surface area contributed by atoms with Crippen LogP contribution >= 0.6 is 11.3 Å². The average molecular weight is 285 g/mol. The van der Waals surface area contributed by atoms with Gasteiger partial charge >= 0.3 is 0 Å². The second-order valence-electron chi connectivity index (χ2n) is 4.44. The summed E-state index contributed by atoms with van der Waals surface area (Å²) in [5, 5.41) is 6.58. The van der Waals surface area contributed by atoms with Crippen molar-refractivity contribution in [2.45, 2.75) is 19.8 Å². The Bertz CT molecular complexity index is 618. The highest BCUT2D eigenvalue weighted by Gasteiger charge is 2.03. The van der Waals surface area contributed by atoms with Crippen LogP contribution in [0.2, 0.25) is 0 Å². The summed E-state index contributed by atoms with van der Waals surface area (Å²) in [4.78, 5) is 1.16. The quantitative estimate of drug-likeness (QED) is 0.805. The van der Waals surface area contributed by atoms with Crippen LogP contribution in [-0.4, -0.2) is 9.78 Å². The molecule has 0 atom stereocenters. The van der Waals surface area contributed by atoms with E-state index in [-0.39, 0.29) is 0 Å². The lowest BCUT2D eigenvalue weighted by Gasteiger charge is -2.01. The Morgan fingerprint density at radius 3 is 2.95 bits per heavy atom. The highest BCUT2D eigenvalue weighted by atomic mass is 32.1. The molecule has 0 saturated carbocycles. The normalized spacial score (nSPS) is 12.2. The van der Waals surface area contributed by atoms with Gasteiger partial charge in [-0.25, -0.2) is 4.68 Å². The molecule has 20 heavy (non-hydrogen) atoms. The predicted octanol–water partition coefficient (Wildman–Crippen LogP) is 4.28. The highest BCUT2D eigenvalue weighted by molar-refractivity contribution is 7.13. The van der Waals surface area contributed by atoms with Gasteiger partial charge < -0.3 is 5.73 Å². The molecule has 3 nitrogen and oxygen atoms in total. The third-order valence-electron chi connectivity index (χ3n) is 2.90. The first kappa shape index (κ1) is 14.3. The first-order valence-electron chi connectivity index (χ1n) is 6.62. The molecule has 2 heterocycles. The van der Waals surface area contributed by atoms with Crippen LogP contribution in [0.15, 0.2) is 60.3 Å². The van der Waals surface area contributed by atoms with E-state index in [2.05, 4.69) is 24.7 Å². The van der Waals surface area contributed by atoms with Crippen molar-refractivity contribution in [2.24, 2.45) is 5.73 Å². The maximum Gasteiger partial charge on any atom is 0.103 e. The number of thiophene rings is 1. The number of nitrogens with zero attached hydrogens (tertiary/aromatic N) is 2. The minimum Gasteiger partial charge on any atom is -0.404 e. The summed E-state index contributed by atoms with van der Waals surface area (Å²) in [6, 6.07) is 6.08. The molecule has 0 spiro atoms. The number of allylic oxidation sites excluding steroid dienone is 4. The van der Waals surface area contributed by atoms with Gasteiger partial charge in [-0.15, -0.1) is 11.3 Å². The smallest absolute Gasteiger partial charge is 0.103 e. The molecule has 2 aromatic heterocycles. The van der Waals surface area contributed by atoms with Crippen molar-refractivity contribution in [3.63, 3.8) is 0 Å². The summed E-state index contributed by atoms with van der Waals surface area (Å²) in [5.41, 5.74) is 8.49. The van der Waals surface area contributed by atoms with Gasteiger partial charge in [0.05, 0.1) is 10.6 Å². The monoisotopic (exact) mass is 285 g/mol. The zero-order chi connectivity index (χ0) is 14.4. The summed E-state index contributed by atoms with van der Waals surface area (Å²) in [6.45, 7) is 6.17. The molecule has 0 aliphatic heterocycles. The summed E-state index contributed by atoms with van der Waals surface area (Å²) < 4.78 is 1.78. The third-order valence-corrected chi connectivity index (χ3v) is 3.79. The van der Waals surface area contributed by atoms with Gasteiger partial charge in [-0.05, 0) is 41.8 Å². The Hall–Kier alpha value is -2.07. The summed E-state index contributed by atoms with van der Waals surface area (Å²) in [5.74, 6) is 0. The Morgan fingerprint density at radius 1 is 1.45 bits per heavy atom.